The van der Waals surface area contributed by atoms with Gasteiger partial charge in [-0.05, 0) is 50.5 Å². The number of hydrogen-bond donors (Lipinski definition) is 1. The number of pyridine rings is 1. The molecule has 0 amide bonds. The van der Waals surface area contributed by atoms with E-state index in [1.807, 2.05) is 29.0 Å². The minimum absolute atomic E-state index is 0. The van der Waals surface area contributed by atoms with E-state index in [4.69, 9.17) is 5.73 Å². The maximum absolute atomic E-state index is 6.04. The lowest BCUT2D eigenvalue weighted by Gasteiger charge is -2.08. The van der Waals surface area contributed by atoms with Crippen molar-refractivity contribution in [2.45, 2.75) is 6.04 Å². The van der Waals surface area contributed by atoms with Crippen molar-refractivity contribution >= 4 is 39.7 Å². The molecule has 80 valence electrons. The first-order valence-corrected chi connectivity index (χ1v) is 5.90. The van der Waals surface area contributed by atoms with Crippen molar-refractivity contribution in [3.05, 3.63) is 50.9 Å². The Balaban J connectivity index is 0.00000112. The lowest BCUT2D eigenvalue weighted by molar-refractivity contribution is 0.832. The Bertz CT molecular complexity index is 402. The molecule has 2 N–H and O–H groups in total. The van der Waals surface area contributed by atoms with Crippen LogP contribution in [0.3, 0.4) is 0 Å². The SMILES string of the molecule is Cl.N[C@@H](c1ccsc1)c1ccc(Br)cn1. The van der Waals surface area contributed by atoms with Gasteiger partial charge in [-0.15, -0.1) is 12.4 Å². The Hall–Kier alpha value is -0.420. The normalized spacial score (nSPS) is 11.9. The highest BCUT2D eigenvalue weighted by molar-refractivity contribution is 9.10. The second kappa shape index (κ2) is 5.61. The lowest BCUT2D eigenvalue weighted by atomic mass is 10.1. The van der Waals surface area contributed by atoms with Crippen molar-refractivity contribution in [2.75, 3.05) is 0 Å². The van der Waals surface area contributed by atoms with Crippen LogP contribution in [-0.2, 0) is 0 Å². The first-order chi connectivity index (χ1) is 6.77. The maximum Gasteiger partial charge on any atom is 0.0734 e. The third kappa shape index (κ3) is 3.01. The minimum Gasteiger partial charge on any atom is -0.319 e. The largest absolute Gasteiger partial charge is 0.319 e. The Morgan fingerprint density at radius 1 is 1.33 bits per heavy atom. The molecule has 0 fully saturated rings. The number of thiophene rings is 1. The van der Waals surface area contributed by atoms with E-state index in [-0.39, 0.29) is 18.4 Å². The molecule has 0 aromatic carbocycles. The summed E-state index contributed by atoms with van der Waals surface area (Å²) in [6.07, 6.45) is 1.77. The van der Waals surface area contributed by atoms with Crippen LogP contribution in [0.1, 0.15) is 17.3 Å². The van der Waals surface area contributed by atoms with Crippen molar-refractivity contribution in [1.29, 1.82) is 0 Å². The summed E-state index contributed by atoms with van der Waals surface area (Å²) in [5.74, 6) is 0. The number of nitrogens with two attached hydrogens (primary N) is 1. The fraction of sp³-hybridized carbons (Fsp3) is 0.100. The van der Waals surface area contributed by atoms with Gasteiger partial charge in [-0.1, -0.05) is 0 Å². The summed E-state index contributed by atoms with van der Waals surface area (Å²) < 4.78 is 0.971. The molecule has 2 nitrogen and oxygen atoms in total. The van der Waals surface area contributed by atoms with Gasteiger partial charge in [0.05, 0.1) is 11.7 Å². The van der Waals surface area contributed by atoms with Crippen molar-refractivity contribution in [2.24, 2.45) is 5.73 Å². The Labute approximate surface area is 107 Å². The summed E-state index contributed by atoms with van der Waals surface area (Å²) in [5.41, 5.74) is 8.05. The molecule has 0 saturated carbocycles. The fourth-order valence-electron chi connectivity index (χ4n) is 1.19. The van der Waals surface area contributed by atoms with Crippen LogP contribution in [-0.4, -0.2) is 4.98 Å². The Morgan fingerprint density at radius 2 is 2.13 bits per heavy atom. The van der Waals surface area contributed by atoms with Crippen LogP contribution in [0.2, 0.25) is 0 Å². The van der Waals surface area contributed by atoms with Gasteiger partial charge >= 0.3 is 0 Å². The molecule has 0 aliphatic carbocycles. The molecule has 2 rings (SSSR count). The lowest BCUT2D eigenvalue weighted by Crippen LogP contribution is -2.12. The van der Waals surface area contributed by atoms with Crippen molar-refractivity contribution in [3.8, 4) is 0 Å². The Kier molecular flexibility index (Phi) is 4.73. The van der Waals surface area contributed by atoms with E-state index in [0.717, 1.165) is 15.7 Å². The van der Waals surface area contributed by atoms with Crippen LogP contribution in [0, 0.1) is 0 Å². The predicted octanol–water partition coefficient (Wildman–Crippen LogP) is 3.38. The fourth-order valence-corrected chi connectivity index (χ4v) is 2.13. The number of aromatic nitrogens is 1. The van der Waals surface area contributed by atoms with E-state index in [2.05, 4.69) is 20.9 Å². The van der Waals surface area contributed by atoms with Crippen LogP contribution < -0.4 is 5.73 Å². The van der Waals surface area contributed by atoms with Gasteiger partial charge in [-0.25, -0.2) is 0 Å². The standard InChI is InChI=1S/C10H9BrN2S.ClH/c11-8-1-2-9(13-5-8)10(12)7-3-4-14-6-7;/h1-6,10H,12H2;1H/t10-;/m0./s1. The van der Waals surface area contributed by atoms with E-state index in [1.54, 1.807) is 17.5 Å². The molecule has 0 spiro atoms. The van der Waals surface area contributed by atoms with Gasteiger partial charge in [0.1, 0.15) is 0 Å². The molecule has 0 aliphatic rings. The topological polar surface area (TPSA) is 38.9 Å². The predicted molar refractivity (Wildman–Crippen MR) is 69.5 cm³/mol. The smallest absolute Gasteiger partial charge is 0.0734 e. The first-order valence-electron chi connectivity index (χ1n) is 4.16. The van der Waals surface area contributed by atoms with Crippen LogP contribution >= 0.6 is 39.7 Å². The van der Waals surface area contributed by atoms with Crippen molar-refractivity contribution in [1.82, 2.24) is 4.98 Å². The maximum atomic E-state index is 6.04. The molecular weight excluding hydrogens is 296 g/mol. The molecule has 0 bridgehead atoms. The summed E-state index contributed by atoms with van der Waals surface area (Å²) in [7, 11) is 0. The second-order valence-corrected chi connectivity index (χ2v) is 4.63. The Morgan fingerprint density at radius 3 is 2.67 bits per heavy atom. The number of nitrogens with zero attached hydrogens (tertiary/aromatic N) is 1. The van der Waals surface area contributed by atoms with Crippen LogP contribution in [0.4, 0.5) is 0 Å². The molecular formula is C10H10BrClN2S. The molecule has 5 heteroatoms. The summed E-state index contributed by atoms with van der Waals surface area (Å²) in [5, 5.41) is 4.07. The third-order valence-electron chi connectivity index (χ3n) is 1.97. The highest BCUT2D eigenvalue weighted by Gasteiger charge is 2.09. The summed E-state index contributed by atoms with van der Waals surface area (Å²) in [6.45, 7) is 0. The summed E-state index contributed by atoms with van der Waals surface area (Å²) in [6, 6.07) is 5.80. The molecule has 0 unspecified atom stereocenters. The van der Waals surface area contributed by atoms with Crippen LogP contribution in [0.25, 0.3) is 0 Å². The zero-order chi connectivity index (χ0) is 9.97. The molecule has 0 radical (unpaired) electrons. The quantitative estimate of drug-likeness (QED) is 0.924. The zero-order valence-electron chi connectivity index (χ0n) is 7.76. The summed E-state index contributed by atoms with van der Waals surface area (Å²) >= 11 is 4.99. The van der Waals surface area contributed by atoms with Crippen molar-refractivity contribution in [3.63, 3.8) is 0 Å². The van der Waals surface area contributed by atoms with Gasteiger partial charge in [-0.3, -0.25) is 4.98 Å². The van der Waals surface area contributed by atoms with Gasteiger partial charge in [0.25, 0.3) is 0 Å². The molecule has 15 heavy (non-hydrogen) atoms. The van der Waals surface area contributed by atoms with E-state index in [9.17, 15) is 0 Å². The number of rotatable bonds is 2. The number of hydrogen-bond acceptors (Lipinski definition) is 3. The zero-order valence-corrected chi connectivity index (χ0v) is 11.0. The first kappa shape index (κ1) is 12.6. The van der Waals surface area contributed by atoms with Crippen molar-refractivity contribution < 1.29 is 0 Å². The van der Waals surface area contributed by atoms with Gasteiger partial charge in [-0.2, -0.15) is 11.3 Å². The van der Waals surface area contributed by atoms with Crippen LogP contribution in [0.15, 0.2) is 39.6 Å². The minimum atomic E-state index is -0.116. The van der Waals surface area contributed by atoms with E-state index < -0.39 is 0 Å². The molecule has 0 saturated heterocycles. The average molecular weight is 306 g/mol. The van der Waals surface area contributed by atoms with E-state index in [1.165, 1.54) is 0 Å². The molecule has 0 aliphatic heterocycles. The highest BCUT2D eigenvalue weighted by Crippen LogP contribution is 2.20. The molecule has 1 atom stereocenters. The number of halogens is 2. The van der Waals surface area contributed by atoms with Gasteiger partial charge < -0.3 is 5.73 Å². The molecule has 2 aromatic rings. The van der Waals surface area contributed by atoms with Crippen LogP contribution in [0.5, 0.6) is 0 Å². The molecule has 2 heterocycles. The highest BCUT2D eigenvalue weighted by atomic mass is 79.9. The molecule has 2 aromatic heterocycles. The second-order valence-electron chi connectivity index (χ2n) is 2.94. The third-order valence-corrected chi connectivity index (χ3v) is 3.14. The van der Waals surface area contributed by atoms with E-state index >= 15 is 0 Å². The van der Waals surface area contributed by atoms with Gasteiger partial charge in [0.2, 0.25) is 0 Å². The average Bonchev–Trinajstić information content (AvgIpc) is 2.71. The van der Waals surface area contributed by atoms with E-state index in [0.29, 0.717) is 0 Å². The van der Waals surface area contributed by atoms with Gasteiger partial charge in [0.15, 0.2) is 0 Å². The van der Waals surface area contributed by atoms with Gasteiger partial charge in [0, 0.05) is 10.7 Å². The summed E-state index contributed by atoms with van der Waals surface area (Å²) in [4.78, 5) is 4.27. The monoisotopic (exact) mass is 304 g/mol.